The summed E-state index contributed by atoms with van der Waals surface area (Å²) in [5.41, 5.74) is 0.298. The first kappa shape index (κ1) is 22.3. The first-order chi connectivity index (χ1) is 14.5. The molecule has 0 saturated heterocycles. The Bertz CT molecular complexity index is 994. The number of nitrogens with zero attached hydrogens (tertiary/aromatic N) is 2. The number of carbonyl (C=O) groups is 2. The molecule has 0 aliphatic heterocycles. The molecule has 2 atom stereocenters. The highest BCUT2D eigenvalue weighted by molar-refractivity contribution is 7.98. The Kier molecular flexibility index (Phi) is 7.89. The Morgan fingerprint density at radius 3 is 2.77 bits per heavy atom. The molecule has 0 spiro atoms. The van der Waals surface area contributed by atoms with Gasteiger partial charge >= 0.3 is 5.97 Å². The summed E-state index contributed by atoms with van der Waals surface area (Å²) in [5.74, 6) is 0.212. The number of thioether (sulfide) groups is 1. The van der Waals surface area contributed by atoms with E-state index >= 15 is 0 Å². The number of halogens is 1. The zero-order valence-corrected chi connectivity index (χ0v) is 18.7. The lowest BCUT2D eigenvalue weighted by Gasteiger charge is -2.19. The summed E-state index contributed by atoms with van der Waals surface area (Å²) < 4.78 is 11.1. The second-order valence-corrected chi connectivity index (χ2v) is 8.63. The number of hydrogen-bond acceptors (Lipinski definition) is 8. The molecule has 158 valence electrons. The van der Waals surface area contributed by atoms with Gasteiger partial charge in [-0.05, 0) is 48.9 Å². The van der Waals surface area contributed by atoms with E-state index in [1.165, 1.54) is 11.3 Å². The van der Waals surface area contributed by atoms with Crippen LogP contribution >= 0.6 is 34.7 Å². The van der Waals surface area contributed by atoms with Crippen molar-refractivity contribution in [2.24, 2.45) is 0 Å². The molecule has 1 aromatic carbocycles. The Balaban J connectivity index is 1.67. The van der Waals surface area contributed by atoms with Gasteiger partial charge in [-0.1, -0.05) is 29.8 Å². The molecule has 0 saturated carbocycles. The molecule has 7 nitrogen and oxygen atoms in total. The molecule has 1 amide bonds. The summed E-state index contributed by atoms with van der Waals surface area (Å²) in [5, 5.41) is 12.9. The monoisotopic (exact) mass is 465 g/mol. The van der Waals surface area contributed by atoms with E-state index in [-0.39, 0.29) is 5.89 Å². The largest absolute Gasteiger partial charge is 0.451 e. The molecule has 3 rings (SSSR count). The minimum atomic E-state index is -0.830. The van der Waals surface area contributed by atoms with Crippen molar-refractivity contribution in [1.82, 2.24) is 15.5 Å². The van der Waals surface area contributed by atoms with Gasteiger partial charge in [0.15, 0.2) is 6.10 Å². The minimum absolute atomic E-state index is 0.188. The third kappa shape index (κ3) is 5.62. The topological polar surface area (TPSA) is 94.3 Å². The van der Waals surface area contributed by atoms with Crippen LogP contribution in [0.15, 0.2) is 46.2 Å². The van der Waals surface area contributed by atoms with Crippen molar-refractivity contribution in [3.8, 4) is 10.8 Å². The van der Waals surface area contributed by atoms with Gasteiger partial charge in [0, 0.05) is 0 Å². The summed E-state index contributed by atoms with van der Waals surface area (Å²) in [7, 11) is 0. The van der Waals surface area contributed by atoms with Gasteiger partial charge in [0.05, 0.1) is 15.5 Å². The van der Waals surface area contributed by atoms with Crippen LogP contribution in [0.4, 0.5) is 0 Å². The zero-order chi connectivity index (χ0) is 21.5. The minimum Gasteiger partial charge on any atom is -0.451 e. The van der Waals surface area contributed by atoms with E-state index in [0.29, 0.717) is 28.7 Å². The fourth-order valence-corrected chi connectivity index (χ4v) is 3.91. The lowest BCUT2D eigenvalue weighted by Crippen LogP contribution is -2.42. The summed E-state index contributed by atoms with van der Waals surface area (Å²) in [6.45, 7) is 1.64. The molecule has 0 fully saturated rings. The molecule has 3 aromatic rings. The van der Waals surface area contributed by atoms with Crippen LogP contribution in [0.25, 0.3) is 10.8 Å². The van der Waals surface area contributed by atoms with E-state index < -0.39 is 24.0 Å². The summed E-state index contributed by atoms with van der Waals surface area (Å²) in [6, 6.07) is 9.57. The van der Waals surface area contributed by atoms with Crippen LogP contribution in [0.1, 0.15) is 35.7 Å². The first-order valence-corrected chi connectivity index (χ1v) is 11.8. The molecule has 0 aliphatic rings. The molecule has 1 N–H and O–H groups in total. The fraction of sp³-hybridized carbons (Fsp3) is 0.300. The summed E-state index contributed by atoms with van der Waals surface area (Å²) in [4.78, 5) is 26.2. The van der Waals surface area contributed by atoms with Gasteiger partial charge in [0.2, 0.25) is 0 Å². The number of nitrogens with one attached hydrogen (secondary N) is 1. The molecule has 30 heavy (non-hydrogen) atoms. The highest BCUT2D eigenvalue weighted by Gasteiger charge is 2.27. The molecule has 2 aromatic heterocycles. The number of aromatic nitrogens is 2. The van der Waals surface area contributed by atoms with Crippen LogP contribution < -0.4 is 5.32 Å². The maximum atomic E-state index is 12.8. The normalized spacial score (nSPS) is 12.9. The highest BCUT2D eigenvalue weighted by Crippen LogP contribution is 2.26. The standard InChI is InChI=1S/C20H20ClN3O4S2/c1-12(18-23-24-19(28-18)16-8-5-10-30-16)27-20(26)15(9-11-29-2)22-17(25)13-6-3-4-7-14(13)21/h3-8,10,12,15H,9,11H2,1-2H3,(H,22,25). The number of carbonyl (C=O) groups excluding carboxylic acids is 2. The predicted octanol–water partition coefficient (Wildman–Crippen LogP) is 4.61. The van der Waals surface area contributed by atoms with Gasteiger partial charge in [0.1, 0.15) is 6.04 Å². The van der Waals surface area contributed by atoms with Crippen molar-refractivity contribution in [2.45, 2.75) is 25.5 Å². The number of ether oxygens (including phenoxy) is 1. The molecule has 0 bridgehead atoms. The quantitative estimate of drug-likeness (QED) is 0.461. The van der Waals surface area contributed by atoms with E-state index in [4.69, 9.17) is 20.8 Å². The third-order valence-corrected chi connectivity index (χ3v) is 5.96. The van der Waals surface area contributed by atoms with Gasteiger partial charge in [-0.25, -0.2) is 4.79 Å². The van der Waals surface area contributed by atoms with Crippen LogP contribution in [-0.2, 0) is 9.53 Å². The Hall–Kier alpha value is -2.36. The molecule has 10 heteroatoms. The first-order valence-electron chi connectivity index (χ1n) is 9.11. The predicted molar refractivity (Wildman–Crippen MR) is 118 cm³/mol. The van der Waals surface area contributed by atoms with E-state index in [9.17, 15) is 9.59 Å². The average molecular weight is 466 g/mol. The van der Waals surface area contributed by atoms with Crippen LogP contribution in [0.5, 0.6) is 0 Å². The number of rotatable bonds is 9. The van der Waals surface area contributed by atoms with Gasteiger partial charge < -0.3 is 14.5 Å². The molecule has 0 radical (unpaired) electrons. The van der Waals surface area contributed by atoms with Crippen molar-refractivity contribution in [1.29, 1.82) is 0 Å². The smallest absolute Gasteiger partial charge is 0.329 e. The average Bonchev–Trinajstić information content (AvgIpc) is 3.42. The summed E-state index contributed by atoms with van der Waals surface area (Å²) in [6.07, 6.45) is 1.58. The van der Waals surface area contributed by atoms with Crippen LogP contribution in [-0.4, -0.2) is 40.1 Å². The van der Waals surface area contributed by atoms with Crippen molar-refractivity contribution in [3.05, 3.63) is 58.3 Å². The van der Waals surface area contributed by atoms with Crippen molar-refractivity contribution >= 4 is 46.6 Å². The number of hydrogen-bond donors (Lipinski definition) is 1. The lowest BCUT2D eigenvalue weighted by atomic mass is 10.1. The molecular weight excluding hydrogens is 446 g/mol. The van der Waals surface area contributed by atoms with E-state index in [0.717, 1.165) is 4.88 Å². The molecule has 2 heterocycles. The molecular formula is C20H20ClN3O4S2. The maximum absolute atomic E-state index is 12.8. The van der Waals surface area contributed by atoms with Gasteiger partial charge in [-0.3, -0.25) is 4.79 Å². The van der Waals surface area contributed by atoms with Crippen LogP contribution in [0.2, 0.25) is 5.02 Å². The van der Waals surface area contributed by atoms with E-state index in [1.807, 2.05) is 23.8 Å². The number of benzene rings is 1. The zero-order valence-electron chi connectivity index (χ0n) is 16.3. The Morgan fingerprint density at radius 1 is 1.27 bits per heavy atom. The van der Waals surface area contributed by atoms with Gasteiger partial charge in [-0.15, -0.1) is 21.5 Å². The van der Waals surface area contributed by atoms with Gasteiger partial charge in [0.25, 0.3) is 17.7 Å². The lowest BCUT2D eigenvalue weighted by molar-refractivity contribution is -0.152. The third-order valence-electron chi connectivity index (χ3n) is 4.13. The number of esters is 1. The maximum Gasteiger partial charge on any atom is 0.329 e. The fourth-order valence-electron chi connectivity index (χ4n) is 2.57. The van der Waals surface area contributed by atoms with Crippen molar-refractivity contribution < 1.29 is 18.7 Å². The molecule has 0 aliphatic carbocycles. The SMILES string of the molecule is CSCCC(NC(=O)c1ccccc1Cl)C(=O)OC(C)c1nnc(-c2cccs2)o1. The second kappa shape index (κ2) is 10.6. The number of amides is 1. The second-order valence-electron chi connectivity index (χ2n) is 6.29. The molecule has 2 unspecified atom stereocenters. The van der Waals surface area contributed by atoms with Crippen LogP contribution in [0, 0.1) is 0 Å². The Morgan fingerprint density at radius 2 is 2.07 bits per heavy atom. The van der Waals surface area contributed by atoms with Crippen molar-refractivity contribution in [3.63, 3.8) is 0 Å². The van der Waals surface area contributed by atoms with Crippen LogP contribution in [0.3, 0.4) is 0 Å². The number of thiophene rings is 1. The summed E-state index contributed by atoms with van der Waals surface area (Å²) >= 11 is 9.12. The van der Waals surface area contributed by atoms with E-state index in [1.54, 1.807) is 43.0 Å². The van der Waals surface area contributed by atoms with E-state index in [2.05, 4.69) is 15.5 Å². The van der Waals surface area contributed by atoms with Gasteiger partial charge in [-0.2, -0.15) is 11.8 Å². The highest BCUT2D eigenvalue weighted by atomic mass is 35.5. The Labute approximate surface area is 187 Å². The van der Waals surface area contributed by atoms with Crippen molar-refractivity contribution in [2.75, 3.05) is 12.0 Å².